The lowest BCUT2D eigenvalue weighted by Crippen LogP contribution is -2.42. The first-order valence-corrected chi connectivity index (χ1v) is 11.5. The van der Waals surface area contributed by atoms with Crippen molar-refractivity contribution in [3.05, 3.63) is 57.7 Å². The minimum atomic E-state index is -5.37. The van der Waals surface area contributed by atoms with Crippen molar-refractivity contribution in [2.24, 2.45) is 0 Å². The topological polar surface area (TPSA) is 72.4 Å². The predicted molar refractivity (Wildman–Crippen MR) is 117 cm³/mol. The molecule has 0 amide bonds. The number of carboxylic acids is 1. The van der Waals surface area contributed by atoms with Gasteiger partial charge in [0.15, 0.2) is 0 Å². The van der Waals surface area contributed by atoms with E-state index in [1.165, 1.54) is 20.8 Å². The van der Waals surface area contributed by atoms with Gasteiger partial charge in [-0.2, -0.15) is 26.3 Å². The van der Waals surface area contributed by atoms with Crippen molar-refractivity contribution in [3.63, 3.8) is 0 Å². The maximum atomic E-state index is 15.8. The van der Waals surface area contributed by atoms with Gasteiger partial charge in [0.2, 0.25) is 0 Å². The number of benzene rings is 2. The highest BCUT2D eigenvalue weighted by molar-refractivity contribution is 7.90. The van der Waals surface area contributed by atoms with E-state index in [1.807, 2.05) is 0 Å². The van der Waals surface area contributed by atoms with Crippen molar-refractivity contribution in [1.82, 2.24) is 4.72 Å². The number of hydrogen-bond acceptors (Lipinski definition) is 3. The second kappa shape index (κ2) is 10.2. The zero-order chi connectivity index (χ0) is 28.0. The van der Waals surface area contributed by atoms with E-state index in [-0.39, 0.29) is 22.8 Å². The fourth-order valence-electron chi connectivity index (χ4n) is 3.59. The summed E-state index contributed by atoms with van der Waals surface area (Å²) in [7, 11) is 0. The van der Waals surface area contributed by atoms with Crippen molar-refractivity contribution in [2.45, 2.75) is 64.2 Å². The third-order valence-electron chi connectivity index (χ3n) is 5.20. The first-order valence-electron chi connectivity index (χ1n) is 10.3. The van der Waals surface area contributed by atoms with Crippen molar-refractivity contribution in [1.29, 1.82) is 0 Å². The second-order valence-corrected chi connectivity index (χ2v) is 11.1. The molecule has 0 aliphatic rings. The molecule has 0 spiro atoms. The Balaban J connectivity index is 2.93. The molecule has 2 atom stereocenters. The summed E-state index contributed by atoms with van der Waals surface area (Å²) in [5.74, 6) is -5.38. The van der Waals surface area contributed by atoms with Crippen LogP contribution in [0.4, 0.5) is 35.1 Å². The Kier molecular flexibility index (Phi) is 8.43. The molecule has 13 heteroatoms. The number of carbonyl (C=O) groups is 1. The van der Waals surface area contributed by atoms with Gasteiger partial charge in [-0.15, -0.1) is 4.72 Å². The van der Waals surface area contributed by atoms with Crippen LogP contribution in [0.1, 0.15) is 61.1 Å². The molecule has 4 nitrogen and oxygen atoms in total. The number of halogens is 8. The fraction of sp³-hybridized carbons (Fsp3) is 0.435. The predicted octanol–water partition coefficient (Wildman–Crippen LogP) is 6.85. The Morgan fingerprint density at radius 2 is 1.47 bits per heavy atom. The molecule has 2 aromatic carbocycles. The van der Waals surface area contributed by atoms with E-state index in [4.69, 9.17) is 0 Å². The molecule has 0 radical (unpaired) electrons. The van der Waals surface area contributed by atoms with Crippen LogP contribution in [0.3, 0.4) is 0 Å². The number of alkyl halides is 6. The molecule has 2 aromatic rings. The van der Waals surface area contributed by atoms with Gasteiger partial charge in [-0.25, -0.2) is 8.78 Å². The Labute approximate surface area is 205 Å². The highest BCUT2D eigenvalue weighted by Crippen LogP contribution is 2.43. The van der Waals surface area contributed by atoms with Gasteiger partial charge in [-0.1, -0.05) is 0 Å². The van der Waals surface area contributed by atoms with Gasteiger partial charge in [0.05, 0.1) is 23.6 Å². The molecular weight excluding hydrogens is 522 g/mol. The maximum Gasteiger partial charge on any atom is 0.419 e. The third-order valence-corrected chi connectivity index (χ3v) is 6.81. The van der Waals surface area contributed by atoms with Gasteiger partial charge >= 0.3 is 18.3 Å². The molecule has 0 bridgehead atoms. The minimum Gasteiger partial charge on any atom is -0.598 e. The molecule has 0 saturated carbocycles. The number of aliphatic carboxylic acids is 1. The molecule has 0 unspecified atom stereocenters. The molecule has 200 valence electrons. The van der Waals surface area contributed by atoms with E-state index < -0.39 is 80.8 Å². The summed E-state index contributed by atoms with van der Waals surface area (Å²) in [6, 6.07) is -0.645. The zero-order valence-electron chi connectivity index (χ0n) is 19.7. The molecular formula is C23H23F8NO3S. The number of carboxylic acid groups (broad SMARTS) is 1. The lowest BCUT2D eigenvalue weighted by Gasteiger charge is -2.29. The van der Waals surface area contributed by atoms with E-state index >= 15 is 8.78 Å². The SMILES string of the molecule is Cc1cc(C(F)(F)F)cc(C)c1-c1cc(C(F)(F)F)c(F)c([C@H](CC(=O)O)N[S@+]([O-])C(C)(C)C)c1F. The normalized spacial score (nSPS) is 14.6. The van der Waals surface area contributed by atoms with Crippen LogP contribution in [0, 0.1) is 25.5 Å². The maximum absolute atomic E-state index is 15.8. The van der Waals surface area contributed by atoms with Crippen molar-refractivity contribution in [3.8, 4) is 11.1 Å². The second-order valence-electron chi connectivity index (χ2n) is 9.14. The Hall–Kier alpha value is -2.38. The summed E-state index contributed by atoms with van der Waals surface area (Å²) < 4.78 is 125. The van der Waals surface area contributed by atoms with Crippen LogP contribution in [0.5, 0.6) is 0 Å². The van der Waals surface area contributed by atoms with Gasteiger partial charge in [-0.3, -0.25) is 4.79 Å². The Morgan fingerprint density at radius 1 is 0.972 bits per heavy atom. The molecule has 2 N–H and O–H groups in total. The Bertz CT molecular complexity index is 1130. The molecule has 0 aliphatic carbocycles. The first-order chi connectivity index (χ1) is 16.2. The summed E-state index contributed by atoms with van der Waals surface area (Å²) in [6.45, 7) is 6.55. The highest BCUT2D eigenvalue weighted by atomic mass is 32.2. The molecule has 36 heavy (non-hydrogen) atoms. The number of rotatable bonds is 6. The van der Waals surface area contributed by atoms with Crippen LogP contribution in [0.15, 0.2) is 18.2 Å². The fourth-order valence-corrected chi connectivity index (χ4v) is 4.40. The monoisotopic (exact) mass is 545 g/mol. The quantitative estimate of drug-likeness (QED) is 0.308. The molecule has 2 rings (SSSR count). The van der Waals surface area contributed by atoms with Gasteiger partial charge < -0.3 is 9.66 Å². The zero-order valence-corrected chi connectivity index (χ0v) is 20.5. The summed E-state index contributed by atoms with van der Waals surface area (Å²) in [5.41, 5.74) is -6.11. The summed E-state index contributed by atoms with van der Waals surface area (Å²) in [5, 5.41) is 9.24. The van der Waals surface area contributed by atoms with Gasteiger partial charge in [0.1, 0.15) is 16.4 Å². The van der Waals surface area contributed by atoms with E-state index in [2.05, 4.69) is 4.72 Å². The molecule has 0 aliphatic heterocycles. The molecule has 0 saturated heterocycles. The summed E-state index contributed by atoms with van der Waals surface area (Å²) >= 11 is -2.15. The van der Waals surface area contributed by atoms with Crippen LogP contribution >= 0.6 is 0 Å². The van der Waals surface area contributed by atoms with E-state index in [1.54, 1.807) is 0 Å². The summed E-state index contributed by atoms with van der Waals surface area (Å²) in [6.07, 6.45) is -11.3. The lowest BCUT2D eigenvalue weighted by molar-refractivity contribution is -0.140. The van der Waals surface area contributed by atoms with Crippen molar-refractivity contribution < 1.29 is 49.6 Å². The molecule has 0 aromatic heterocycles. The lowest BCUT2D eigenvalue weighted by atomic mass is 9.88. The van der Waals surface area contributed by atoms with Crippen LogP contribution in [0.2, 0.25) is 0 Å². The minimum absolute atomic E-state index is 0.134. The van der Waals surface area contributed by atoms with Crippen LogP contribution in [-0.2, 0) is 28.5 Å². The number of aryl methyl sites for hydroxylation is 2. The van der Waals surface area contributed by atoms with E-state index in [9.17, 15) is 40.8 Å². The standard InChI is InChI=1S/C23H23F8NO3S/c1-10-6-12(22(26,27)28)7-11(2)17(10)13-8-14(23(29,30)31)20(25)18(19(13)24)15(9-16(33)34)32-36(35)21(3,4)5/h6-8,15,32H,9H2,1-5H3,(H,33,34)/t15-,36+/m0/s1. The largest absolute Gasteiger partial charge is 0.598 e. The van der Waals surface area contributed by atoms with Crippen LogP contribution in [-0.4, -0.2) is 20.4 Å². The highest BCUT2D eigenvalue weighted by Gasteiger charge is 2.41. The van der Waals surface area contributed by atoms with Crippen molar-refractivity contribution >= 4 is 17.3 Å². The average molecular weight is 545 g/mol. The summed E-state index contributed by atoms with van der Waals surface area (Å²) in [4.78, 5) is 11.4. The van der Waals surface area contributed by atoms with Gasteiger partial charge in [-0.05, 0) is 69.5 Å². The molecule has 0 fully saturated rings. The molecule has 0 heterocycles. The van der Waals surface area contributed by atoms with Gasteiger partial charge in [0.25, 0.3) is 0 Å². The smallest absolute Gasteiger partial charge is 0.419 e. The van der Waals surface area contributed by atoms with E-state index in [0.29, 0.717) is 12.1 Å². The number of nitrogens with one attached hydrogen (secondary N) is 1. The van der Waals surface area contributed by atoms with E-state index in [0.717, 1.165) is 13.8 Å². The first kappa shape index (κ1) is 29.8. The number of hydrogen-bond donors (Lipinski definition) is 2. The van der Waals surface area contributed by atoms with Crippen LogP contribution in [0.25, 0.3) is 11.1 Å². The Morgan fingerprint density at radius 3 is 1.86 bits per heavy atom. The average Bonchev–Trinajstić information content (AvgIpc) is 2.65. The van der Waals surface area contributed by atoms with Crippen molar-refractivity contribution in [2.75, 3.05) is 0 Å². The van der Waals surface area contributed by atoms with Gasteiger partial charge in [0, 0.05) is 22.5 Å². The third kappa shape index (κ3) is 6.48. The van der Waals surface area contributed by atoms with Crippen LogP contribution < -0.4 is 4.72 Å².